The van der Waals surface area contributed by atoms with E-state index in [1.807, 2.05) is 0 Å². The molecule has 17 heavy (non-hydrogen) atoms. The van der Waals surface area contributed by atoms with Gasteiger partial charge in [-0.15, -0.1) is 0 Å². The van der Waals surface area contributed by atoms with Crippen LogP contribution in [0.4, 0.5) is 0 Å². The Morgan fingerprint density at radius 2 is 2.00 bits per heavy atom. The van der Waals surface area contributed by atoms with Gasteiger partial charge >= 0.3 is 0 Å². The highest BCUT2D eigenvalue weighted by Gasteiger charge is 2.12. The summed E-state index contributed by atoms with van der Waals surface area (Å²) in [5.41, 5.74) is 9.65. The molecule has 0 aliphatic heterocycles. The first-order valence-corrected chi connectivity index (χ1v) is 6.06. The molecule has 0 saturated carbocycles. The Kier molecular flexibility index (Phi) is 3.50. The lowest BCUT2D eigenvalue weighted by Gasteiger charge is -2.16. The van der Waals surface area contributed by atoms with Crippen molar-refractivity contribution in [3.05, 3.63) is 35.5 Å². The maximum atomic E-state index is 5.59. The minimum absolute atomic E-state index is 0.708. The Hall–Kier alpha value is -1.32. The van der Waals surface area contributed by atoms with Crippen LogP contribution in [0.25, 0.3) is 10.9 Å². The van der Waals surface area contributed by atoms with Gasteiger partial charge in [0.15, 0.2) is 0 Å². The molecule has 3 nitrogen and oxygen atoms in total. The van der Waals surface area contributed by atoms with Crippen molar-refractivity contribution in [2.75, 3.05) is 20.1 Å². The van der Waals surface area contributed by atoms with Crippen LogP contribution in [0.2, 0.25) is 0 Å². The van der Waals surface area contributed by atoms with Crippen LogP contribution in [0.15, 0.2) is 24.3 Å². The fourth-order valence-corrected chi connectivity index (χ4v) is 2.42. The first kappa shape index (κ1) is 12.1. The molecule has 1 heterocycles. The van der Waals surface area contributed by atoms with Gasteiger partial charge in [0.25, 0.3) is 0 Å². The van der Waals surface area contributed by atoms with Crippen molar-refractivity contribution in [3.63, 3.8) is 0 Å². The summed E-state index contributed by atoms with van der Waals surface area (Å²) in [5, 5.41) is 1.35. The highest BCUT2D eigenvalue weighted by atomic mass is 15.1. The highest BCUT2D eigenvalue weighted by molar-refractivity contribution is 5.85. The monoisotopic (exact) mass is 231 g/mol. The van der Waals surface area contributed by atoms with Crippen molar-refractivity contribution in [3.8, 4) is 0 Å². The Morgan fingerprint density at radius 1 is 1.29 bits per heavy atom. The third-order valence-corrected chi connectivity index (χ3v) is 3.44. The zero-order chi connectivity index (χ0) is 12.4. The summed E-state index contributed by atoms with van der Waals surface area (Å²) in [7, 11) is 4.25. The van der Waals surface area contributed by atoms with Crippen LogP contribution in [-0.2, 0) is 13.6 Å². The molecule has 1 aromatic carbocycles. The van der Waals surface area contributed by atoms with E-state index in [4.69, 9.17) is 5.73 Å². The van der Waals surface area contributed by atoms with E-state index in [2.05, 4.69) is 54.8 Å². The number of hydrogen-bond donors (Lipinski definition) is 1. The second-order valence-corrected chi connectivity index (χ2v) is 4.67. The van der Waals surface area contributed by atoms with Gasteiger partial charge in [0.1, 0.15) is 0 Å². The number of fused-ring (bicyclic) bond motifs is 1. The Morgan fingerprint density at radius 3 is 2.65 bits per heavy atom. The summed E-state index contributed by atoms with van der Waals surface area (Å²) in [6, 6.07) is 8.56. The molecular formula is C14H21N3. The SMILES string of the molecule is Cc1c(CN(C)CCN)n(C)c2ccccc12. The van der Waals surface area contributed by atoms with Crippen molar-refractivity contribution in [1.82, 2.24) is 9.47 Å². The number of para-hydroxylation sites is 1. The number of hydrogen-bond acceptors (Lipinski definition) is 2. The molecule has 2 aromatic rings. The molecule has 0 bridgehead atoms. The number of rotatable bonds is 4. The summed E-state index contributed by atoms with van der Waals surface area (Å²) >= 11 is 0. The molecule has 0 aliphatic rings. The normalized spacial score (nSPS) is 11.6. The smallest absolute Gasteiger partial charge is 0.0483 e. The van der Waals surface area contributed by atoms with E-state index in [1.165, 1.54) is 22.2 Å². The van der Waals surface area contributed by atoms with Gasteiger partial charge in [-0.1, -0.05) is 18.2 Å². The van der Waals surface area contributed by atoms with E-state index in [-0.39, 0.29) is 0 Å². The summed E-state index contributed by atoms with van der Waals surface area (Å²) in [6.07, 6.45) is 0. The lowest BCUT2D eigenvalue weighted by molar-refractivity contribution is 0.328. The van der Waals surface area contributed by atoms with Gasteiger partial charge < -0.3 is 10.3 Å². The second-order valence-electron chi connectivity index (χ2n) is 4.67. The Balaban J connectivity index is 2.40. The van der Waals surface area contributed by atoms with Crippen LogP contribution < -0.4 is 5.73 Å². The van der Waals surface area contributed by atoms with E-state index in [1.54, 1.807) is 0 Å². The van der Waals surface area contributed by atoms with Gasteiger partial charge in [0.2, 0.25) is 0 Å². The summed E-state index contributed by atoms with van der Waals surface area (Å²) in [6.45, 7) is 4.79. The molecule has 3 heteroatoms. The largest absolute Gasteiger partial charge is 0.346 e. The molecule has 2 N–H and O–H groups in total. The molecule has 0 unspecified atom stereocenters. The van der Waals surface area contributed by atoms with Gasteiger partial charge in [-0.25, -0.2) is 0 Å². The molecule has 2 rings (SSSR count). The van der Waals surface area contributed by atoms with E-state index < -0.39 is 0 Å². The number of aryl methyl sites for hydroxylation is 2. The van der Waals surface area contributed by atoms with Crippen molar-refractivity contribution >= 4 is 10.9 Å². The zero-order valence-electron chi connectivity index (χ0n) is 10.9. The standard InChI is InChI=1S/C14H21N3/c1-11-12-6-4-5-7-13(12)17(3)14(11)10-16(2)9-8-15/h4-7H,8-10,15H2,1-3H3. The van der Waals surface area contributed by atoms with E-state index in [0.717, 1.165) is 13.1 Å². The lowest BCUT2D eigenvalue weighted by Crippen LogP contribution is -2.26. The molecule has 0 saturated heterocycles. The number of nitrogens with two attached hydrogens (primary N) is 1. The molecule has 0 fully saturated rings. The molecule has 0 spiro atoms. The Labute approximate surface area is 103 Å². The topological polar surface area (TPSA) is 34.2 Å². The molecule has 1 aromatic heterocycles. The van der Waals surface area contributed by atoms with E-state index in [0.29, 0.717) is 6.54 Å². The maximum absolute atomic E-state index is 5.59. The summed E-state index contributed by atoms with van der Waals surface area (Å²) in [5.74, 6) is 0. The zero-order valence-corrected chi connectivity index (χ0v) is 10.9. The molecule has 0 amide bonds. The average Bonchev–Trinajstić information content (AvgIpc) is 2.56. The molecular weight excluding hydrogens is 210 g/mol. The summed E-state index contributed by atoms with van der Waals surface area (Å²) in [4.78, 5) is 2.27. The minimum Gasteiger partial charge on any atom is -0.346 e. The predicted octanol–water partition coefficient (Wildman–Crippen LogP) is 1.88. The van der Waals surface area contributed by atoms with Gasteiger partial charge in [0.05, 0.1) is 0 Å². The van der Waals surface area contributed by atoms with Crippen molar-refractivity contribution < 1.29 is 0 Å². The van der Waals surface area contributed by atoms with Crippen LogP contribution in [0.1, 0.15) is 11.3 Å². The van der Waals surface area contributed by atoms with Crippen molar-refractivity contribution in [2.24, 2.45) is 12.8 Å². The highest BCUT2D eigenvalue weighted by Crippen LogP contribution is 2.24. The van der Waals surface area contributed by atoms with Crippen LogP contribution in [0.3, 0.4) is 0 Å². The lowest BCUT2D eigenvalue weighted by atomic mass is 10.1. The number of aromatic nitrogens is 1. The fraction of sp³-hybridized carbons (Fsp3) is 0.429. The van der Waals surface area contributed by atoms with Gasteiger partial charge in [-0.05, 0) is 25.6 Å². The van der Waals surface area contributed by atoms with E-state index >= 15 is 0 Å². The maximum Gasteiger partial charge on any atom is 0.0483 e. The Bertz CT molecular complexity index is 474. The first-order chi connectivity index (χ1) is 8.15. The number of benzene rings is 1. The minimum atomic E-state index is 0.708. The molecule has 92 valence electrons. The van der Waals surface area contributed by atoms with Crippen LogP contribution in [0, 0.1) is 6.92 Å². The fourth-order valence-electron chi connectivity index (χ4n) is 2.42. The quantitative estimate of drug-likeness (QED) is 0.871. The molecule has 0 atom stereocenters. The third-order valence-electron chi connectivity index (χ3n) is 3.44. The van der Waals surface area contributed by atoms with Crippen LogP contribution in [0.5, 0.6) is 0 Å². The number of nitrogens with zero attached hydrogens (tertiary/aromatic N) is 2. The van der Waals surface area contributed by atoms with Crippen LogP contribution in [-0.4, -0.2) is 29.6 Å². The van der Waals surface area contributed by atoms with Gasteiger partial charge in [-0.2, -0.15) is 0 Å². The van der Waals surface area contributed by atoms with Crippen molar-refractivity contribution in [1.29, 1.82) is 0 Å². The van der Waals surface area contributed by atoms with Crippen molar-refractivity contribution in [2.45, 2.75) is 13.5 Å². The third kappa shape index (κ3) is 2.21. The van der Waals surface area contributed by atoms with E-state index in [9.17, 15) is 0 Å². The van der Waals surface area contributed by atoms with Crippen LogP contribution >= 0.6 is 0 Å². The molecule has 0 aliphatic carbocycles. The van der Waals surface area contributed by atoms with Gasteiger partial charge in [-0.3, -0.25) is 4.90 Å². The van der Waals surface area contributed by atoms with Gasteiger partial charge in [0, 0.05) is 43.3 Å². The average molecular weight is 231 g/mol. The summed E-state index contributed by atoms with van der Waals surface area (Å²) < 4.78 is 2.29. The first-order valence-electron chi connectivity index (χ1n) is 6.06. The second kappa shape index (κ2) is 4.90. The predicted molar refractivity (Wildman–Crippen MR) is 73.0 cm³/mol. The number of likely N-dealkylation sites (N-methyl/N-ethyl adjacent to an activating group) is 1. The molecule has 0 radical (unpaired) electrons.